The summed E-state index contributed by atoms with van der Waals surface area (Å²) in [4.78, 5) is 11.3. The van der Waals surface area contributed by atoms with Crippen LogP contribution in [-0.4, -0.2) is 25.6 Å². The van der Waals surface area contributed by atoms with Gasteiger partial charge in [0.2, 0.25) is 5.91 Å². The summed E-state index contributed by atoms with van der Waals surface area (Å²) in [5.74, 6) is 0.918. The highest BCUT2D eigenvalue weighted by molar-refractivity contribution is 9.11. The zero-order valence-corrected chi connectivity index (χ0v) is 14.9. The van der Waals surface area contributed by atoms with Crippen LogP contribution in [0.5, 0.6) is 5.75 Å². The van der Waals surface area contributed by atoms with E-state index < -0.39 is 0 Å². The van der Waals surface area contributed by atoms with E-state index in [0.717, 1.165) is 20.3 Å². The van der Waals surface area contributed by atoms with Crippen LogP contribution in [0.25, 0.3) is 0 Å². The average Bonchev–Trinajstić information content (AvgIpc) is 2.38. The Morgan fingerprint density at radius 1 is 1.30 bits per heavy atom. The molecule has 0 saturated heterocycles. The third-order valence-corrected chi connectivity index (χ3v) is 3.64. The minimum atomic E-state index is 0.0699. The predicted octanol–water partition coefficient (Wildman–Crippen LogP) is 3.23. The van der Waals surface area contributed by atoms with Gasteiger partial charge in [0.05, 0.1) is 11.1 Å². The number of nitrogens with one attached hydrogen (secondary N) is 2. The number of ether oxygens (including phenoxy) is 1. The van der Waals surface area contributed by atoms with E-state index in [4.69, 9.17) is 4.74 Å². The molecule has 0 bridgehead atoms. The highest BCUT2D eigenvalue weighted by atomic mass is 79.9. The second-order valence-electron chi connectivity index (χ2n) is 4.19. The van der Waals surface area contributed by atoms with Crippen LogP contribution in [0.3, 0.4) is 0 Å². The van der Waals surface area contributed by atoms with Gasteiger partial charge in [-0.05, 0) is 41.9 Å². The molecule has 1 aromatic carbocycles. The number of amides is 1. The van der Waals surface area contributed by atoms with E-state index in [0.29, 0.717) is 32.7 Å². The summed E-state index contributed by atoms with van der Waals surface area (Å²) in [6.45, 7) is 6.46. The van der Waals surface area contributed by atoms with Gasteiger partial charge in [0, 0.05) is 36.1 Å². The Balaban J connectivity index is 2.56. The standard InChI is InChI=1S/C14H20Br2N2O2/c1-3-18-13(19)5-6-17-9-10-7-11(15)8-12(16)14(10)20-4-2/h7-8,17H,3-6,9H2,1-2H3,(H,18,19). The maximum absolute atomic E-state index is 11.3. The van der Waals surface area contributed by atoms with Crippen molar-refractivity contribution in [1.29, 1.82) is 0 Å². The zero-order chi connectivity index (χ0) is 15.0. The van der Waals surface area contributed by atoms with Crippen LogP contribution in [0.2, 0.25) is 0 Å². The molecule has 0 saturated carbocycles. The molecule has 1 amide bonds. The lowest BCUT2D eigenvalue weighted by molar-refractivity contribution is -0.120. The molecule has 0 heterocycles. The average molecular weight is 408 g/mol. The van der Waals surface area contributed by atoms with Crippen molar-refractivity contribution in [1.82, 2.24) is 10.6 Å². The maximum Gasteiger partial charge on any atom is 0.221 e. The van der Waals surface area contributed by atoms with Crippen LogP contribution in [-0.2, 0) is 11.3 Å². The van der Waals surface area contributed by atoms with E-state index in [9.17, 15) is 4.79 Å². The molecule has 1 rings (SSSR count). The molecule has 0 aliphatic rings. The lowest BCUT2D eigenvalue weighted by Gasteiger charge is -2.13. The molecule has 0 unspecified atom stereocenters. The van der Waals surface area contributed by atoms with Gasteiger partial charge in [0.15, 0.2) is 0 Å². The SMILES string of the molecule is CCNC(=O)CCNCc1cc(Br)cc(Br)c1OCC. The molecular weight excluding hydrogens is 388 g/mol. The second-order valence-corrected chi connectivity index (χ2v) is 5.96. The van der Waals surface area contributed by atoms with Gasteiger partial charge in [-0.1, -0.05) is 15.9 Å². The lowest BCUT2D eigenvalue weighted by Crippen LogP contribution is -2.27. The van der Waals surface area contributed by atoms with Crippen molar-refractivity contribution < 1.29 is 9.53 Å². The van der Waals surface area contributed by atoms with Crippen molar-refractivity contribution in [3.05, 3.63) is 26.6 Å². The van der Waals surface area contributed by atoms with Gasteiger partial charge in [0.25, 0.3) is 0 Å². The molecule has 0 spiro atoms. The molecule has 0 fully saturated rings. The van der Waals surface area contributed by atoms with E-state index >= 15 is 0 Å². The summed E-state index contributed by atoms with van der Waals surface area (Å²) in [6.07, 6.45) is 0.479. The van der Waals surface area contributed by atoms with Gasteiger partial charge in [-0.2, -0.15) is 0 Å². The number of benzene rings is 1. The Bertz CT molecular complexity index is 453. The predicted molar refractivity (Wildman–Crippen MR) is 88.0 cm³/mol. The molecule has 0 radical (unpaired) electrons. The molecule has 112 valence electrons. The quantitative estimate of drug-likeness (QED) is 0.650. The topological polar surface area (TPSA) is 50.4 Å². The minimum absolute atomic E-state index is 0.0699. The van der Waals surface area contributed by atoms with Crippen LogP contribution in [0, 0.1) is 0 Å². The number of rotatable bonds is 8. The maximum atomic E-state index is 11.3. The summed E-state index contributed by atoms with van der Waals surface area (Å²) >= 11 is 6.98. The van der Waals surface area contributed by atoms with Gasteiger partial charge in [-0.25, -0.2) is 0 Å². The number of carbonyl (C=O) groups is 1. The molecule has 0 aliphatic carbocycles. The van der Waals surface area contributed by atoms with Crippen LogP contribution >= 0.6 is 31.9 Å². The molecule has 0 aliphatic heterocycles. The van der Waals surface area contributed by atoms with Crippen LogP contribution in [0.4, 0.5) is 0 Å². The molecule has 4 nitrogen and oxygen atoms in total. The molecule has 0 aromatic heterocycles. The summed E-state index contributed by atoms with van der Waals surface area (Å²) in [6, 6.07) is 3.98. The molecular formula is C14H20Br2N2O2. The van der Waals surface area contributed by atoms with Gasteiger partial charge in [0.1, 0.15) is 5.75 Å². The van der Waals surface area contributed by atoms with Gasteiger partial charge in [-0.15, -0.1) is 0 Å². The van der Waals surface area contributed by atoms with Crippen LogP contribution in [0.1, 0.15) is 25.8 Å². The second kappa shape index (κ2) is 9.37. The zero-order valence-electron chi connectivity index (χ0n) is 11.8. The first kappa shape index (κ1) is 17.5. The largest absolute Gasteiger partial charge is 0.492 e. The highest BCUT2D eigenvalue weighted by Gasteiger charge is 2.10. The molecule has 6 heteroatoms. The van der Waals surface area contributed by atoms with E-state index in [-0.39, 0.29) is 5.91 Å². The van der Waals surface area contributed by atoms with Crippen molar-refractivity contribution in [3.63, 3.8) is 0 Å². The number of halogens is 2. The molecule has 0 atom stereocenters. The van der Waals surface area contributed by atoms with Crippen molar-refractivity contribution in [3.8, 4) is 5.75 Å². The fourth-order valence-corrected chi connectivity index (χ4v) is 3.19. The number of hydrogen-bond acceptors (Lipinski definition) is 3. The van der Waals surface area contributed by atoms with E-state index in [1.165, 1.54) is 0 Å². The van der Waals surface area contributed by atoms with Crippen molar-refractivity contribution in [2.24, 2.45) is 0 Å². The van der Waals surface area contributed by atoms with Crippen molar-refractivity contribution >= 4 is 37.8 Å². The molecule has 1 aromatic rings. The first-order valence-electron chi connectivity index (χ1n) is 6.66. The van der Waals surface area contributed by atoms with Gasteiger partial charge < -0.3 is 15.4 Å². The lowest BCUT2D eigenvalue weighted by atomic mass is 10.2. The first-order valence-corrected chi connectivity index (χ1v) is 8.25. The summed E-state index contributed by atoms with van der Waals surface area (Å²) in [7, 11) is 0. The third-order valence-electron chi connectivity index (χ3n) is 2.59. The van der Waals surface area contributed by atoms with E-state index in [2.05, 4.69) is 42.5 Å². The van der Waals surface area contributed by atoms with E-state index in [1.54, 1.807) is 0 Å². The van der Waals surface area contributed by atoms with Crippen molar-refractivity contribution in [2.45, 2.75) is 26.8 Å². The monoisotopic (exact) mass is 406 g/mol. The fraction of sp³-hybridized carbons (Fsp3) is 0.500. The fourth-order valence-electron chi connectivity index (χ4n) is 1.76. The van der Waals surface area contributed by atoms with Gasteiger partial charge in [-0.3, -0.25) is 4.79 Å². The summed E-state index contributed by atoms with van der Waals surface area (Å²) in [5, 5.41) is 6.04. The third kappa shape index (κ3) is 5.81. The molecule has 2 N–H and O–H groups in total. The number of carbonyl (C=O) groups excluding carboxylic acids is 1. The Morgan fingerprint density at radius 3 is 2.70 bits per heavy atom. The van der Waals surface area contributed by atoms with Gasteiger partial charge >= 0.3 is 0 Å². The van der Waals surface area contributed by atoms with Crippen LogP contribution < -0.4 is 15.4 Å². The first-order chi connectivity index (χ1) is 9.58. The summed E-state index contributed by atoms with van der Waals surface area (Å²) in [5.41, 5.74) is 1.06. The Kier molecular flexibility index (Phi) is 8.18. The smallest absolute Gasteiger partial charge is 0.221 e. The van der Waals surface area contributed by atoms with Crippen LogP contribution in [0.15, 0.2) is 21.1 Å². The van der Waals surface area contributed by atoms with E-state index in [1.807, 2.05) is 26.0 Å². The summed E-state index contributed by atoms with van der Waals surface area (Å²) < 4.78 is 7.57. The number of hydrogen-bond donors (Lipinski definition) is 2. The Hall–Kier alpha value is -0.590. The normalized spacial score (nSPS) is 10.4. The Morgan fingerprint density at radius 2 is 2.05 bits per heavy atom. The minimum Gasteiger partial charge on any atom is -0.492 e. The van der Waals surface area contributed by atoms with Crippen molar-refractivity contribution in [2.75, 3.05) is 19.7 Å². The highest BCUT2D eigenvalue weighted by Crippen LogP contribution is 2.32. The Labute approximate surface area is 136 Å². The molecule has 20 heavy (non-hydrogen) atoms.